The molecule has 3 aromatic rings. The molecule has 1 aromatic heterocycles. The molecule has 2 heterocycles. The summed E-state index contributed by atoms with van der Waals surface area (Å²) >= 11 is 3.51. The molecule has 5 nitrogen and oxygen atoms in total. The average molecular weight is 454 g/mol. The van der Waals surface area contributed by atoms with Gasteiger partial charge in [-0.25, -0.2) is 0 Å². The van der Waals surface area contributed by atoms with Gasteiger partial charge in [0.05, 0.1) is 18.8 Å². The summed E-state index contributed by atoms with van der Waals surface area (Å²) in [5.74, 6) is 0.818. The molecular formula is C23H24BrN3O2. The molecule has 1 amide bonds. The average Bonchev–Trinajstić information content (AvgIpc) is 3.29. The van der Waals surface area contributed by atoms with E-state index in [4.69, 9.17) is 4.74 Å². The van der Waals surface area contributed by atoms with E-state index in [2.05, 4.69) is 45.2 Å². The maximum Gasteiger partial charge on any atom is 0.273 e. The lowest BCUT2D eigenvalue weighted by Crippen LogP contribution is -2.30. The predicted molar refractivity (Wildman–Crippen MR) is 117 cm³/mol. The van der Waals surface area contributed by atoms with Crippen LogP contribution in [0.25, 0.3) is 11.3 Å². The van der Waals surface area contributed by atoms with Gasteiger partial charge in [-0.2, -0.15) is 5.10 Å². The number of methoxy groups -OCH3 is 1. The van der Waals surface area contributed by atoms with Crippen LogP contribution in [0.4, 0.5) is 0 Å². The van der Waals surface area contributed by atoms with E-state index in [1.807, 2.05) is 41.3 Å². The van der Waals surface area contributed by atoms with Gasteiger partial charge in [0.2, 0.25) is 0 Å². The number of fused-ring (bicyclic) bond motifs is 1. The van der Waals surface area contributed by atoms with Crippen LogP contribution in [0.5, 0.6) is 5.75 Å². The molecule has 4 rings (SSSR count). The van der Waals surface area contributed by atoms with Crippen LogP contribution in [0.15, 0.2) is 53.0 Å². The molecule has 2 aromatic carbocycles. The number of amides is 1. The van der Waals surface area contributed by atoms with Crippen molar-refractivity contribution in [2.24, 2.45) is 0 Å². The van der Waals surface area contributed by atoms with Crippen molar-refractivity contribution >= 4 is 21.8 Å². The number of aromatic amines is 1. The molecule has 0 bridgehead atoms. The fourth-order valence-corrected chi connectivity index (χ4v) is 4.18. The van der Waals surface area contributed by atoms with Crippen LogP contribution in [0, 0.1) is 0 Å². The van der Waals surface area contributed by atoms with Gasteiger partial charge in [-0.05, 0) is 48.4 Å². The van der Waals surface area contributed by atoms with E-state index in [-0.39, 0.29) is 11.9 Å². The number of carbonyl (C=O) groups is 1. The SMILES string of the molecule is CCCCCN1C(=O)c2[nH]nc(-c3ccc(OC)cc3)c2C1c1ccc(Br)cc1. The minimum atomic E-state index is -0.140. The molecular weight excluding hydrogens is 430 g/mol. The van der Waals surface area contributed by atoms with E-state index in [9.17, 15) is 4.79 Å². The second-order valence-corrected chi connectivity index (χ2v) is 8.16. The van der Waals surface area contributed by atoms with Crippen molar-refractivity contribution in [1.82, 2.24) is 15.1 Å². The van der Waals surface area contributed by atoms with E-state index in [1.54, 1.807) is 7.11 Å². The zero-order valence-corrected chi connectivity index (χ0v) is 18.2. The number of H-pyrrole nitrogens is 1. The third-order valence-corrected chi connectivity index (χ3v) is 5.94. The smallest absolute Gasteiger partial charge is 0.273 e. The third kappa shape index (κ3) is 3.69. The number of benzene rings is 2. The number of carbonyl (C=O) groups excluding carboxylic acids is 1. The molecule has 1 atom stereocenters. The summed E-state index contributed by atoms with van der Waals surface area (Å²) in [6.07, 6.45) is 3.22. The Morgan fingerprint density at radius 1 is 1.10 bits per heavy atom. The van der Waals surface area contributed by atoms with Gasteiger partial charge in [-0.1, -0.05) is 47.8 Å². The maximum absolute atomic E-state index is 13.2. The maximum atomic E-state index is 13.2. The number of hydrogen-bond donors (Lipinski definition) is 1. The lowest BCUT2D eigenvalue weighted by atomic mass is 9.96. The Hall–Kier alpha value is -2.60. The van der Waals surface area contributed by atoms with Crippen LogP contribution in [-0.2, 0) is 0 Å². The van der Waals surface area contributed by atoms with Crippen molar-refractivity contribution in [3.63, 3.8) is 0 Å². The van der Waals surface area contributed by atoms with Gasteiger partial charge in [0.1, 0.15) is 11.4 Å². The fraction of sp³-hybridized carbons (Fsp3) is 0.304. The summed E-state index contributed by atoms with van der Waals surface area (Å²) < 4.78 is 6.29. The van der Waals surface area contributed by atoms with E-state index in [1.165, 1.54) is 0 Å². The first-order valence-corrected chi connectivity index (χ1v) is 10.7. The van der Waals surface area contributed by atoms with Gasteiger partial charge in [0, 0.05) is 22.1 Å². The van der Waals surface area contributed by atoms with Crippen LogP contribution >= 0.6 is 15.9 Å². The Morgan fingerprint density at radius 2 is 1.83 bits per heavy atom. The largest absolute Gasteiger partial charge is 0.497 e. The van der Waals surface area contributed by atoms with Crippen LogP contribution in [0.1, 0.15) is 53.8 Å². The Bertz CT molecular complexity index is 996. The van der Waals surface area contributed by atoms with Gasteiger partial charge >= 0.3 is 0 Å². The van der Waals surface area contributed by atoms with Gasteiger partial charge in [0.25, 0.3) is 5.91 Å². The Labute approximate surface area is 179 Å². The van der Waals surface area contributed by atoms with Gasteiger partial charge in [-0.3, -0.25) is 9.89 Å². The number of nitrogens with zero attached hydrogens (tertiary/aromatic N) is 2. The van der Waals surface area contributed by atoms with E-state index in [0.29, 0.717) is 5.69 Å². The normalized spacial score (nSPS) is 15.6. The highest BCUT2D eigenvalue weighted by atomic mass is 79.9. The van der Waals surface area contributed by atoms with E-state index < -0.39 is 0 Å². The molecule has 150 valence electrons. The third-order valence-electron chi connectivity index (χ3n) is 5.42. The summed E-state index contributed by atoms with van der Waals surface area (Å²) in [5.41, 5.74) is 4.43. The lowest BCUT2D eigenvalue weighted by Gasteiger charge is -2.26. The molecule has 0 fully saturated rings. The quantitative estimate of drug-likeness (QED) is 0.474. The summed E-state index contributed by atoms with van der Waals surface area (Å²) in [6, 6.07) is 15.9. The monoisotopic (exact) mass is 453 g/mol. The number of nitrogens with one attached hydrogen (secondary N) is 1. The van der Waals surface area contributed by atoms with Crippen molar-refractivity contribution in [1.29, 1.82) is 0 Å². The number of hydrogen-bond acceptors (Lipinski definition) is 3. The highest BCUT2D eigenvalue weighted by Gasteiger charge is 2.41. The molecule has 0 saturated heterocycles. The summed E-state index contributed by atoms with van der Waals surface area (Å²) in [6.45, 7) is 2.91. The fourth-order valence-electron chi connectivity index (χ4n) is 3.92. The number of rotatable bonds is 7. The first-order chi connectivity index (χ1) is 14.1. The zero-order chi connectivity index (χ0) is 20.4. The van der Waals surface area contributed by atoms with Gasteiger partial charge in [-0.15, -0.1) is 0 Å². The highest BCUT2D eigenvalue weighted by Crippen LogP contribution is 2.43. The van der Waals surface area contributed by atoms with E-state index in [0.717, 1.165) is 58.4 Å². The van der Waals surface area contributed by atoms with Crippen molar-refractivity contribution in [2.45, 2.75) is 32.2 Å². The minimum Gasteiger partial charge on any atom is -0.497 e. The molecule has 1 aliphatic rings. The van der Waals surface area contributed by atoms with Gasteiger partial charge in [0.15, 0.2) is 0 Å². The zero-order valence-electron chi connectivity index (χ0n) is 16.6. The second-order valence-electron chi connectivity index (χ2n) is 7.25. The van der Waals surface area contributed by atoms with Crippen molar-refractivity contribution in [2.75, 3.05) is 13.7 Å². The standard InChI is InChI=1S/C23H24BrN3O2/c1-3-4-5-14-27-22(16-6-10-17(24)11-7-16)19-20(25-26-21(19)23(27)28)15-8-12-18(29-2)13-9-15/h6-13,22H,3-5,14H2,1-2H3,(H,25,26). The first-order valence-electron chi connectivity index (χ1n) is 9.93. The van der Waals surface area contributed by atoms with Crippen molar-refractivity contribution in [3.05, 3.63) is 69.8 Å². The summed E-state index contributed by atoms with van der Waals surface area (Å²) in [4.78, 5) is 15.2. The molecule has 1 unspecified atom stereocenters. The predicted octanol–water partition coefficient (Wildman–Crippen LogP) is 5.58. The highest BCUT2D eigenvalue weighted by molar-refractivity contribution is 9.10. The lowest BCUT2D eigenvalue weighted by molar-refractivity contribution is 0.0740. The summed E-state index contributed by atoms with van der Waals surface area (Å²) in [7, 11) is 1.65. The molecule has 0 saturated carbocycles. The molecule has 0 aliphatic carbocycles. The molecule has 29 heavy (non-hydrogen) atoms. The van der Waals surface area contributed by atoms with Crippen LogP contribution in [-0.4, -0.2) is 34.7 Å². The molecule has 1 N–H and O–H groups in total. The molecule has 1 aliphatic heterocycles. The molecule has 6 heteroatoms. The van der Waals surface area contributed by atoms with Crippen LogP contribution in [0.3, 0.4) is 0 Å². The second kappa shape index (κ2) is 8.41. The number of halogens is 1. The van der Waals surface area contributed by atoms with E-state index >= 15 is 0 Å². The number of aromatic nitrogens is 2. The topological polar surface area (TPSA) is 58.2 Å². The minimum absolute atomic E-state index is 0.0243. The van der Waals surface area contributed by atoms with Gasteiger partial charge < -0.3 is 9.64 Å². The first kappa shape index (κ1) is 19.7. The van der Waals surface area contributed by atoms with Crippen molar-refractivity contribution < 1.29 is 9.53 Å². The Kier molecular flexibility index (Phi) is 5.72. The van der Waals surface area contributed by atoms with Crippen molar-refractivity contribution in [3.8, 4) is 17.0 Å². The number of unbranched alkanes of at least 4 members (excludes halogenated alkanes) is 2. The summed E-state index contributed by atoms with van der Waals surface area (Å²) in [5, 5.41) is 7.53. The van der Waals surface area contributed by atoms with Crippen LogP contribution in [0.2, 0.25) is 0 Å². The molecule has 0 spiro atoms. The Balaban J connectivity index is 1.79. The Morgan fingerprint density at radius 3 is 2.48 bits per heavy atom. The number of ether oxygens (including phenoxy) is 1. The molecule has 0 radical (unpaired) electrons. The van der Waals surface area contributed by atoms with Crippen LogP contribution < -0.4 is 4.74 Å².